The summed E-state index contributed by atoms with van der Waals surface area (Å²) in [4.78, 5) is 28.3. The van der Waals surface area contributed by atoms with E-state index in [1.54, 1.807) is 0 Å². The van der Waals surface area contributed by atoms with E-state index in [2.05, 4.69) is 11.6 Å². The first-order valence-corrected chi connectivity index (χ1v) is 6.12. The third kappa shape index (κ3) is 2.85. The van der Waals surface area contributed by atoms with Gasteiger partial charge in [0.15, 0.2) is 0 Å². The van der Waals surface area contributed by atoms with Gasteiger partial charge in [0.2, 0.25) is 5.96 Å². The predicted molar refractivity (Wildman–Crippen MR) is 73.7 cm³/mol. The number of hydrogen-bond acceptors (Lipinski definition) is 4. The van der Waals surface area contributed by atoms with Gasteiger partial charge in [-0.15, -0.1) is 6.58 Å². The Morgan fingerprint density at radius 3 is 2.80 bits per heavy atom. The van der Waals surface area contributed by atoms with E-state index >= 15 is 0 Å². The van der Waals surface area contributed by atoms with Crippen LogP contribution in [0.3, 0.4) is 0 Å². The quantitative estimate of drug-likeness (QED) is 0.841. The van der Waals surface area contributed by atoms with Crippen molar-refractivity contribution >= 4 is 18.0 Å². The van der Waals surface area contributed by atoms with E-state index in [9.17, 15) is 9.59 Å². The van der Waals surface area contributed by atoms with Gasteiger partial charge in [-0.25, -0.2) is 9.69 Å². The number of guanidine groups is 1. The molecule has 1 aliphatic heterocycles. The zero-order chi connectivity index (χ0) is 14.5. The molecular formula is C14H15N3O3. The first-order chi connectivity index (χ1) is 9.63. The molecule has 1 aromatic rings. The third-order valence-corrected chi connectivity index (χ3v) is 2.86. The fourth-order valence-corrected chi connectivity index (χ4v) is 1.89. The van der Waals surface area contributed by atoms with Gasteiger partial charge in [-0.1, -0.05) is 36.4 Å². The van der Waals surface area contributed by atoms with Crippen molar-refractivity contribution in [2.45, 2.75) is 19.1 Å². The standard InChI is InChI=1S/C14H15N3O3/c1-2-6-11-12(18)16-13(15)17(11)14(19)20-9-10-7-4-3-5-8-10/h2-5,7-8,11H,1,6,9H2,(H2,15,16,18)/t11-/m0/s1. The number of aliphatic imine (C=N–C) groups is 1. The summed E-state index contributed by atoms with van der Waals surface area (Å²) in [6.07, 6.45) is 1.13. The smallest absolute Gasteiger partial charge is 0.417 e. The van der Waals surface area contributed by atoms with Gasteiger partial charge in [-0.3, -0.25) is 4.79 Å². The lowest BCUT2D eigenvalue weighted by atomic mass is 10.2. The number of ether oxygens (including phenoxy) is 1. The number of carbonyl (C=O) groups is 2. The Morgan fingerprint density at radius 1 is 1.45 bits per heavy atom. The molecule has 6 nitrogen and oxygen atoms in total. The summed E-state index contributed by atoms with van der Waals surface area (Å²) in [5.74, 6) is -0.598. The van der Waals surface area contributed by atoms with Crippen LogP contribution in [0.4, 0.5) is 4.79 Å². The Morgan fingerprint density at radius 2 is 2.15 bits per heavy atom. The van der Waals surface area contributed by atoms with Crippen molar-refractivity contribution in [3.8, 4) is 0 Å². The van der Waals surface area contributed by atoms with Gasteiger partial charge in [-0.2, -0.15) is 4.99 Å². The van der Waals surface area contributed by atoms with Crippen molar-refractivity contribution in [3.05, 3.63) is 48.6 Å². The van der Waals surface area contributed by atoms with Crippen LogP contribution in [0.25, 0.3) is 0 Å². The van der Waals surface area contributed by atoms with Gasteiger partial charge in [0, 0.05) is 0 Å². The van der Waals surface area contributed by atoms with Crippen LogP contribution in [0, 0.1) is 0 Å². The molecule has 1 aliphatic rings. The molecule has 0 saturated heterocycles. The van der Waals surface area contributed by atoms with E-state index in [0.29, 0.717) is 0 Å². The van der Waals surface area contributed by atoms with E-state index in [1.807, 2.05) is 30.3 Å². The number of rotatable bonds is 4. The zero-order valence-electron chi connectivity index (χ0n) is 10.9. The highest BCUT2D eigenvalue weighted by Gasteiger charge is 2.38. The molecule has 0 fully saturated rings. The Balaban J connectivity index is 2.02. The second-order valence-corrected chi connectivity index (χ2v) is 4.26. The van der Waals surface area contributed by atoms with Crippen LogP contribution < -0.4 is 5.73 Å². The summed E-state index contributed by atoms with van der Waals surface area (Å²) < 4.78 is 5.15. The van der Waals surface area contributed by atoms with Crippen LogP contribution in [-0.2, 0) is 16.1 Å². The number of amides is 2. The lowest BCUT2D eigenvalue weighted by Gasteiger charge is -2.21. The second-order valence-electron chi connectivity index (χ2n) is 4.26. The normalized spacial score (nSPS) is 17.8. The van der Waals surface area contributed by atoms with Gasteiger partial charge >= 0.3 is 6.09 Å². The van der Waals surface area contributed by atoms with Crippen molar-refractivity contribution in [3.63, 3.8) is 0 Å². The highest BCUT2D eigenvalue weighted by atomic mass is 16.6. The number of nitrogens with zero attached hydrogens (tertiary/aromatic N) is 2. The van der Waals surface area contributed by atoms with Crippen LogP contribution in [0.1, 0.15) is 12.0 Å². The van der Waals surface area contributed by atoms with Crippen LogP contribution >= 0.6 is 0 Å². The van der Waals surface area contributed by atoms with Gasteiger partial charge in [0.05, 0.1) is 0 Å². The largest absolute Gasteiger partial charge is 0.444 e. The molecule has 1 atom stereocenters. The maximum atomic E-state index is 12.0. The molecule has 20 heavy (non-hydrogen) atoms. The first-order valence-electron chi connectivity index (χ1n) is 6.12. The molecule has 6 heteroatoms. The summed E-state index contributed by atoms with van der Waals surface area (Å²) in [6, 6.07) is 8.48. The molecule has 2 amide bonds. The topological polar surface area (TPSA) is 85.0 Å². The van der Waals surface area contributed by atoms with Crippen molar-refractivity contribution in [1.82, 2.24) is 4.90 Å². The minimum Gasteiger partial charge on any atom is -0.444 e. The Kier molecular flexibility index (Phi) is 4.14. The fraction of sp³-hybridized carbons (Fsp3) is 0.214. The second kappa shape index (κ2) is 6.01. The van der Waals surface area contributed by atoms with Crippen LogP contribution in [-0.4, -0.2) is 28.9 Å². The molecule has 2 rings (SSSR count). The predicted octanol–water partition coefficient (Wildman–Crippen LogP) is 1.42. The van der Waals surface area contributed by atoms with Crippen LogP contribution in [0.5, 0.6) is 0 Å². The molecule has 104 valence electrons. The molecule has 1 heterocycles. The van der Waals surface area contributed by atoms with Crippen LogP contribution in [0.15, 0.2) is 48.0 Å². The summed E-state index contributed by atoms with van der Waals surface area (Å²) in [5, 5.41) is 0. The number of benzene rings is 1. The lowest BCUT2D eigenvalue weighted by molar-refractivity contribution is -0.120. The summed E-state index contributed by atoms with van der Waals surface area (Å²) >= 11 is 0. The van der Waals surface area contributed by atoms with Gasteiger partial charge in [0.1, 0.15) is 12.6 Å². The molecule has 0 unspecified atom stereocenters. The number of hydrogen-bond donors (Lipinski definition) is 1. The maximum absolute atomic E-state index is 12.0. The van der Waals surface area contributed by atoms with Crippen LogP contribution in [0.2, 0.25) is 0 Å². The average Bonchev–Trinajstić information content (AvgIpc) is 2.72. The van der Waals surface area contributed by atoms with Gasteiger partial charge < -0.3 is 10.5 Å². The molecule has 1 aromatic carbocycles. The molecule has 0 aromatic heterocycles. The summed E-state index contributed by atoms with van der Waals surface area (Å²) in [7, 11) is 0. The zero-order valence-corrected chi connectivity index (χ0v) is 10.9. The van der Waals surface area contributed by atoms with E-state index in [-0.39, 0.29) is 19.0 Å². The highest BCUT2D eigenvalue weighted by molar-refractivity contribution is 6.09. The molecule has 0 bridgehead atoms. The SMILES string of the molecule is C=CC[C@H]1C(=O)N=C(N)N1C(=O)OCc1ccccc1. The van der Waals surface area contributed by atoms with Crippen molar-refractivity contribution in [1.29, 1.82) is 0 Å². The Labute approximate surface area is 116 Å². The minimum atomic E-state index is -0.754. The molecule has 2 N–H and O–H groups in total. The monoisotopic (exact) mass is 273 g/mol. The molecule has 0 spiro atoms. The van der Waals surface area contributed by atoms with E-state index in [0.717, 1.165) is 10.5 Å². The Hall–Kier alpha value is -2.63. The molecular weight excluding hydrogens is 258 g/mol. The minimum absolute atomic E-state index is 0.110. The van der Waals surface area contributed by atoms with Gasteiger partial charge in [-0.05, 0) is 12.0 Å². The summed E-state index contributed by atoms with van der Waals surface area (Å²) in [5.41, 5.74) is 6.43. The van der Waals surface area contributed by atoms with Crippen molar-refractivity contribution in [2.24, 2.45) is 10.7 Å². The molecule has 0 radical (unpaired) electrons. The molecule has 0 aliphatic carbocycles. The number of carbonyl (C=O) groups excluding carboxylic acids is 2. The van der Waals surface area contributed by atoms with Crippen molar-refractivity contribution in [2.75, 3.05) is 0 Å². The Bertz CT molecular complexity index is 554. The van der Waals surface area contributed by atoms with Crippen molar-refractivity contribution < 1.29 is 14.3 Å². The highest BCUT2D eigenvalue weighted by Crippen LogP contribution is 2.16. The van der Waals surface area contributed by atoms with Gasteiger partial charge in [0.25, 0.3) is 5.91 Å². The summed E-state index contributed by atoms with van der Waals surface area (Å²) in [6.45, 7) is 3.66. The van der Waals surface area contributed by atoms with E-state index < -0.39 is 18.0 Å². The molecule has 0 saturated carbocycles. The lowest BCUT2D eigenvalue weighted by Crippen LogP contribution is -2.45. The average molecular weight is 273 g/mol. The fourth-order valence-electron chi connectivity index (χ4n) is 1.89. The number of nitrogens with two attached hydrogens (primary N) is 1. The third-order valence-electron chi connectivity index (χ3n) is 2.86. The first kappa shape index (κ1) is 13.8. The maximum Gasteiger partial charge on any atom is 0.417 e. The van der Waals surface area contributed by atoms with E-state index in [1.165, 1.54) is 6.08 Å². The van der Waals surface area contributed by atoms with E-state index in [4.69, 9.17) is 10.5 Å².